The highest BCUT2D eigenvalue weighted by molar-refractivity contribution is 5.87. The molecule has 0 saturated carbocycles. The highest BCUT2D eigenvalue weighted by Gasteiger charge is 2.45. The number of ether oxygens (including phenoxy) is 2. The minimum absolute atomic E-state index is 0.00424. The van der Waals surface area contributed by atoms with E-state index in [1.54, 1.807) is 19.0 Å². The molecule has 1 atom stereocenters. The van der Waals surface area contributed by atoms with Gasteiger partial charge in [0.2, 0.25) is 5.91 Å². The Morgan fingerprint density at radius 2 is 1.83 bits per heavy atom. The number of rotatable bonds is 6. The summed E-state index contributed by atoms with van der Waals surface area (Å²) in [5, 5.41) is 0. The number of morpholine rings is 1. The molecule has 6 heteroatoms. The number of carbonyl (C=O) groups excluding carboxylic acids is 2. The van der Waals surface area contributed by atoms with Crippen LogP contribution in [0.1, 0.15) is 5.56 Å². The number of hydrogen-bond donors (Lipinski definition) is 0. The highest BCUT2D eigenvalue weighted by Crippen LogP contribution is 2.28. The molecule has 1 aliphatic rings. The van der Waals surface area contributed by atoms with Crippen molar-refractivity contribution >= 4 is 11.8 Å². The summed E-state index contributed by atoms with van der Waals surface area (Å²) in [4.78, 5) is 28.7. The normalized spacial score (nSPS) is 19.1. The number of hydrogen-bond acceptors (Lipinski definition) is 4. The predicted octanol–water partition coefficient (Wildman–Crippen LogP) is 2.23. The number of benzene rings is 2. The van der Waals surface area contributed by atoms with Gasteiger partial charge in [0.1, 0.15) is 6.61 Å². The van der Waals surface area contributed by atoms with Gasteiger partial charge in [0.25, 0.3) is 5.91 Å². The van der Waals surface area contributed by atoms with E-state index in [1.165, 1.54) is 12.0 Å². The summed E-state index contributed by atoms with van der Waals surface area (Å²) >= 11 is 0. The molecule has 3 rings (SSSR count). The molecule has 1 heterocycles. The summed E-state index contributed by atoms with van der Waals surface area (Å²) < 4.78 is 11.1. The van der Waals surface area contributed by atoms with Crippen molar-refractivity contribution in [2.24, 2.45) is 0 Å². The first kappa shape index (κ1) is 21.0. The van der Waals surface area contributed by atoms with Gasteiger partial charge in [-0.1, -0.05) is 54.6 Å². The van der Waals surface area contributed by atoms with Gasteiger partial charge in [-0.25, -0.2) is 0 Å². The number of carbonyl (C=O) groups is 2. The summed E-state index contributed by atoms with van der Waals surface area (Å²) in [6, 6.07) is 18.2. The van der Waals surface area contributed by atoms with E-state index in [0.29, 0.717) is 19.6 Å². The zero-order valence-corrected chi connectivity index (χ0v) is 17.3. The van der Waals surface area contributed by atoms with E-state index in [4.69, 9.17) is 9.47 Å². The summed E-state index contributed by atoms with van der Waals surface area (Å²) in [7, 11) is 4.92. The quantitative estimate of drug-likeness (QED) is 0.751. The maximum absolute atomic E-state index is 13.1. The maximum Gasteiger partial charge on any atom is 0.256 e. The second-order valence-electron chi connectivity index (χ2n) is 7.53. The molecule has 0 aromatic heterocycles. The van der Waals surface area contributed by atoms with Crippen molar-refractivity contribution in [2.75, 3.05) is 47.5 Å². The highest BCUT2D eigenvalue weighted by atomic mass is 16.5. The van der Waals surface area contributed by atoms with Crippen molar-refractivity contribution in [3.8, 4) is 11.1 Å². The molecule has 0 radical (unpaired) electrons. The Morgan fingerprint density at radius 1 is 1.10 bits per heavy atom. The van der Waals surface area contributed by atoms with Crippen LogP contribution in [0.5, 0.6) is 0 Å². The molecule has 2 amide bonds. The van der Waals surface area contributed by atoms with E-state index in [1.807, 2.05) is 30.3 Å². The van der Waals surface area contributed by atoms with Crippen LogP contribution in [0.4, 0.5) is 0 Å². The number of nitrogens with zero attached hydrogens (tertiary/aromatic N) is 2. The number of likely N-dealkylation sites (N-methyl/N-ethyl adjacent to an activating group) is 1. The fourth-order valence-electron chi connectivity index (χ4n) is 3.75. The molecule has 154 valence electrons. The zero-order chi connectivity index (χ0) is 20.9. The van der Waals surface area contributed by atoms with Gasteiger partial charge >= 0.3 is 0 Å². The Hall–Kier alpha value is -2.70. The molecule has 29 heavy (non-hydrogen) atoms. The molecule has 2 aromatic carbocycles. The summed E-state index contributed by atoms with van der Waals surface area (Å²) in [6.45, 7) is 0.972. The molecular weight excluding hydrogens is 368 g/mol. The van der Waals surface area contributed by atoms with E-state index < -0.39 is 5.60 Å². The van der Waals surface area contributed by atoms with Crippen LogP contribution in [0.15, 0.2) is 54.6 Å². The van der Waals surface area contributed by atoms with E-state index >= 15 is 0 Å². The Kier molecular flexibility index (Phi) is 6.67. The van der Waals surface area contributed by atoms with E-state index in [0.717, 1.165) is 16.7 Å². The van der Waals surface area contributed by atoms with Crippen molar-refractivity contribution in [2.45, 2.75) is 12.0 Å². The molecule has 1 fully saturated rings. The molecule has 0 N–H and O–H groups in total. The Labute approximate surface area is 172 Å². The molecule has 0 bridgehead atoms. The Morgan fingerprint density at radius 3 is 2.52 bits per heavy atom. The lowest BCUT2D eigenvalue weighted by Gasteiger charge is -2.42. The van der Waals surface area contributed by atoms with Gasteiger partial charge in [0.05, 0.1) is 13.2 Å². The minimum atomic E-state index is -1.11. The Balaban J connectivity index is 1.90. The lowest BCUT2D eigenvalue weighted by Crippen LogP contribution is -2.62. The smallest absolute Gasteiger partial charge is 0.256 e. The minimum Gasteiger partial charge on any atom is -0.375 e. The van der Waals surface area contributed by atoms with Gasteiger partial charge in [-0.3, -0.25) is 9.59 Å². The van der Waals surface area contributed by atoms with Crippen LogP contribution in [0.3, 0.4) is 0 Å². The number of methoxy groups -OCH3 is 1. The largest absolute Gasteiger partial charge is 0.375 e. The maximum atomic E-state index is 13.1. The van der Waals surface area contributed by atoms with Crippen LogP contribution in [0, 0.1) is 0 Å². The second kappa shape index (κ2) is 9.20. The van der Waals surface area contributed by atoms with Gasteiger partial charge in [0, 0.05) is 34.2 Å². The SMILES string of the molecule is COCC(=O)N1CCO[C@@](Cc2cccc(-c3ccccc3)c2)(C(=O)N(C)C)C1. The van der Waals surface area contributed by atoms with Gasteiger partial charge < -0.3 is 19.3 Å². The van der Waals surface area contributed by atoms with Crippen molar-refractivity contribution < 1.29 is 19.1 Å². The fourth-order valence-corrected chi connectivity index (χ4v) is 3.75. The monoisotopic (exact) mass is 396 g/mol. The van der Waals surface area contributed by atoms with Crippen LogP contribution >= 0.6 is 0 Å². The van der Waals surface area contributed by atoms with Crippen LogP contribution < -0.4 is 0 Å². The average molecular weight is 396 g/mol. The molecule has 1 saturated heterocycles. The van der Waals surface area contributed by atoms with E-state index in [9.17, 15) is 9.59 Å². The molecule has 2 aromatic rings. The first-order chi connectivity index (χ1) is 13.9. The van der Waals surface area contributed by atoms with Gasteiger partial charge in [0.15, 0.2) is 5.60 Å². The summed E-state index contributed by atoms with van der Waals surface area (Å²) in [5.74, 6) is -0.276. The van der Waals surface area contributed by atoms with E-state index in [-0.39, 0.29) is 25.0 Å². The van der Waals surface area contributed by atoms with Crippen molar-refractivity contribution in [1.82, 2.24) is 9.80 Å². The van der Waals surface area contributed by atoms with Gasteiger partial charge in [-0.05, 0) is 16.7 Å². The molecule has 0 unspecified atom stereocenters. The van der Waals surface area contributed by atoms with Crippen LogP contribution in [0.25, 0.3) is 11.1 Å². The standard InChI is InChI=1S/C23H28N2O4/c1-24(2)22(27)23(17-25(12-13-29-23)21(26)16-28-3)15-18-8-7-11-20(14-18)19-9-5-4-6-10-19/h4-11,14H,12-13,15-17H2,1-3H3/t23-/m1/s1. The molecular formula is C23H28N2O4. The van der Waals surface area contributed by atoms with E-state index in [2.05, 4.69) is 24.3 Å². The lowest BCUT2D eigenvalue weighted by atomic mass is 9.89. The molecule has 1 aliphatic heterocycles. The third-order valence-corrected chi connectivity index (χ3v) is 5.13. The zero-order valence-electron chi connectivity index (χ0n) is 17.3. The molecule has 0 aliphatic carbocycles. The van der Waals surface area contributed by atoms with Crippen LogP contribution in [-0.4, -0.2) is 74.7 Å². The van der Waals surface area contributed by atoms with Gasteiger partial charge in [-0.15, -0.1) is 0 Å². The first-order valence-electron chi connectivity index (χ1n) is 9.72. The topological polar surface area (TPSA) is 59.1 Å². The Bertz CT molecular complexity index is 853. The average Bonchev–Trinajstić information content (AvgIpc) is 2.74. The fraction of sp³-hybridized carbons (Fsp3) is 0.391. The number of amides is 2. The van der Waals surface area contributed by atoms with Crippen LogP contribution in [-0.2, 0) is 25.5 Å². The molecule has 0 spiro atoms. The van der Waals surface area contributed by atoms with Gasteiger partial charge in [-0.2, -0.15) is 0 Å². The second-order valence-corrected chi connectivity index (χ2v) is 7.53. The molecule has 6 nitrogen and oxygen atoms in total. The van der Waals surface area contributed by atoms with Crippen molar-refractivity contribution in [1.29, 1.82) is 0 Å². The van der Waals surface area contributed by atoms with Crippen LogP contribution in [0.2, 0.25) is 0 Å². The summed E-state index contributed by atoms with van der Waals surface area (Å²) in [5.41, 5.74) is 2.07. The van der Waals surface area contributed by atoms with Crippen molar-refractivity contribution in [3.05, 3.63) is 60.2 Å². The summed E-state index contributed by atoms with van der Waals surface area (Å²) in [6.07, 6.45) is 0.390. The predicted molar refractivity (Wildman–Crippen MR) is 111 cm³/mol. The first-order valence-corrected chi connectivity index (χ1v) is 9.72. The van der Waals surface area contributed by atoms with Crippen molar-refractivity contribution in [3.63, 3.8) is 0 Å². The lowest BCUT2D eigenvalue weighted by molar-refractivity contribution is -0.173. The third kappa shape index (κ3) is 4.83. The third-order valence-electron chi connectivity index (χ3n) is 5.13.